The summed E-state index contributed by atoms with van der Waals surface area (Å²) in [4.78, 5) is 14.0. The van der Waals surface area contributed by atoms with Crippen LogP contribution in [0.25, 0.3) is 0 Å². The number of likely N-dealkylation sites (tertiary alicyclic amines) is 1. The van der Waals surface area contributed by atoms with Crippen LogP contribution in [0.3, 0.4) is 0 Å². The van der Waals surface area contributed by atoms with Gasteiger partial charge in [-0.15, -0.1) is 0 Å². The van der Waals surface area contributed by atoms with Crippen LogP contribution in [0.5, 0.6) is 0 Å². The second-order valence-electron chi connectivity index (χ2n) is 6.03. The zero-order chi connectivity index (χ0) is 15.4. The summed E-state index contributed by atoms with van der Waals surface area (Å²) in [5.41, 5.74) is 0.105. The number of hydrogen-bond acceptors (Lipinski definition) is 3. The number of halogens is 2. The highest BCUT2D eigenvalue weighted by Crippen LogP contribution is 2.62. The number of rotatable bonds is 3. The van der Waals surface area contributed by atoms with E-state index < -0.39 is 17.1 Å². The van der Waals surface area contributed by atoms with Crippen LogP contribution in [-0.4, -0.2) is 47.3 Å². The lowest BCUT2D eigenvalue weighted by molar-refractivity contribution is 0.0633. The van der Waals surface area contributed by atoms with Crippen LogP contribution < -0.4 is 0 Å². The lowest BCUT2D eigenvalue weighted by Gasteiger charge is -2.25. The van der Waals surface area contributed by atoms with E-state index in [4.69, 9.17) is 11.6 Å². The monoisotopic (exact) mass is 313 g/mol. The zero-order valence-electron chi connectivity index (χ0n) is 11.6. The summed E-state index contributed by atoms with van der Waals surface area (Å²) in [7, 11) is 0. The minimum absolute atomic E-state index is 0.0829. The largest absolute Gasteiger partial charge is 0.396 e. The number of carbonyl (C=O) groups is 1. The van der Waals surface area contributed by atoms with E-state index in [-0.39, 0.29) is 35.6 Å². The van der Waals surface area contributed by atoms with E-state index in [9.17, 15) is 19.4 Å². The van der Waals surface area contributed by atoms with Gasteiger partial charge in [0.1, 0.15) is 5.82 Å². The Morgan fingerprint density at radius 1 is 1.38 bits per heavy atom. The maximum atomic E-state index is 13.9. The molecule has 2 N–H and O–H groups in total. The molecule has 114 valence electrons. The number of aryl methyl sites for hydroxylation is 1. The van der Waals surface area contributed by atoms with Crippen molar-refractivity contribution < 1.29 is 19.4 Å². The van der Waals surface area contributed by atoms with Crippen molar-refractivity contribution in [2.45, 2.75) is 6.92 Å². The minimum atomic E-state index is -0.619. The normalized spacial score (nSPS) is 25.9. The smallest absolute Gasteiger partial charge is 0.258 e. The van der Waals surface area contributed by atoms with E-state index in [1.165, 1.54) is 6.07 Å². The first-order valence-electron chi connectivity index (χ1n) is 6.92. The Morgan fingerprint density at radius 2 is 1.95 bits per heavy atom. The summed E-state index contributed by atoms with van der Waals surface area (Å²) < 4.78 is 13.9. The van der Waals surface area contributed by atoms with Gasteiger partial charge in [-0.3, -0.25) is 4.79 Å². The SMILES string of the molecule is Cc1ccc(F)c(C(=O)N2CC3C(C2)C3(CO)CO)c1Cl. The van der Waals surface area contributed by atoms with Crippen molar-refractivity contribution in [1.82, 2.24) is 4.90 Å². The first-order valence-corrected chi connectivity index (χ1v) is 7.29. The van der Waals surface area contributed by atoms with Crippen LogP contribution in [-0.2, 0) is 0 Å². The van der Waals surface area contributed by atoms with Crippen molar-refractivity contribution in [3.05, 3.63) is 34.1 Å². The third kappa shape index (κ3) is 1.99. The molecule has 2 unspecified atom stereocenters. The van der Waals surface area contributed by atoms with Crippen LogP contribution >= 0.6 is 11.6 Å². The molecule has 1 heterocycles. The van der Waals surface area contributed by atoms with Gasteiger partial charge < -0.3 is 15.1 Å². The van der Waals surface area contributed by atoms with Gasteiger partial charge in [0.25, 0.3) is 5.91 Å². The van der Waals surface area contributed by atoms with Crippen molar-refractivity contribution in [2.75, 3.05) is 26.3 Å². The maximum absolute atomic E-state index is 13.9. The average Bonchev–Trinajstić information content (AvgIpc) is 2.84. The lowest BCUT2D eigenvalue weighted by Crippen LogP contribution is -2.36. The highest BCUT2D eigenvalue weighted by Gasteiger charge is 2.68. The average molecular weight is 314 g/mol. The molecule has 1 aliphatic carbocycles. The highest BCUT2D eigenvalue weighted by atomic mass is 35.5. The summed E-state index contributed by atoms with van der Waals surface area (Å²) in [6, 6.07) is 2.79. The van der Waals surface area contributed by atoms with Crippen LogP contribution in [0, 0.1) is 30.0 Å². The van der Waals surface area contributed by atoms with Crippen LogP contribution in [0.15, 0.2) is 12.1 Å². The van der Waals surface area contributed by atoms with Gasteiger partial charge in [-0.25, -0.2) is 4.39 Å². The molecule has 0 bridgehead atoms. The summed E-state index contributed by atoms with van der Waals surface area (Å²) in [5.74, 6) is -0.865. The molecule has 1 amide bonds. The van der Waals surface area contributed by atoms with E-state index in [1.54, 1.807) is 17.9 Å². The van der Waals surface area contributed by atoms with Crippen molar-refractivity contribution >= 4 is 17.5 Å². The van der Waals surface area contributed by atoms with Crippen molar-refractivity contribution in [3.63, 3.8) is 0 Å². The quantitative estimate of drug-likeness (QED) is 0.888. The third-order valence-electron chi connectivity index (χ3n) is 5.06. The molecule has 4 nitrogen and oxygen atoms in total. The number of fused-ring (bicyclic) bond motifs is 1. The fourth-order valence-electron chi connectivity index (χ4n) is 3.53. The zero-order valence-corrected chi connectivity index (χ0v) is 12.4. The summed E-state index contributed by atoms with van der Waals surface area (Å²) in [5, 5.41) is 18.9. The van der Waals surface area contributed by atoms with Crippen LogP contribution in [0.2, 0.25) is 5.02 Å². The van der Waals surface area contributed by atoms with Gasteiger partial charge in [-0.05, 0) is 30.4 Å². The van der Waals surface area contributed by atoms with Crippen molar-refractivity contribution in [3.8, 4) is 0 Å². The summed E-state index contributed by atoms with van der Waals surface area (Å²) >= 11 is 6.06. The van der Waals surface area contributed by atoms with Crippen LogP contribution in [0.4, 0.5) is 4.39 Å². The molecule has 0 aromatic heterocycles. The number of amides is 1. The molecule has 0 radical (unpaired) electrons. The van der Waals surface area contributed by atoms with Crippen molar-refractivity contribution in [2.24, 2.45) is 17.3 Å². The Bertz CT molecular complexity index is 589. The van der Waals surface area contributed by atoms with Gasteiger partial charge in [0, 0.05) is 18.5 Å². The van der Waals surface area contributed by atoms with E-state index >= 15 is 0 Å². The first-order chi connectivity index (χ1) is 9.96. The molecule has 2 atom stereocenters. The van der Waals surface area contributed by atoms with Crippen LogP contribution in [0.1, 0.15) is 15.9 Å². The number of piperidine rings is 1. The topological polar surface area (TPSA) is 60.8 Å². The molecule has 3 rings (SSSR count). The third-order valence-corrected chi connectivity index (χ3v) is 5.55. The number of benzene rings is 1. The van der Waals surface area contributed by atoms with E-state index in [0.29, 0.717) is 18.7 Å². The predicted molar refractivity (Wildman–Crippen MR) is 75.6 cm³/mol. The van der Waals surface area contributed by atoms with E-state index in [1.807, 2.05) is 0 Å². The number of carbonyl (C=O) groups excluding carboxylic acids is 1. The molecule has 1 aliphatic heterocycles. The molecule has 0 spiro atoms. The number of hydrogen-bond donors (Lipinski definition) is 2. The first kappa shape index (κ1) is 14.8. The van der Waals surface area contributed by atoms with Gasteiger partial charge in [0.15, 0.2) is 0 Å². The van der Waals surface area contributed by atoms with Crippen molar-refractivity contribution in [1.29, 1.82) is 0 Å². The molecule has 2 fully saturated rings. The number of aliphatic hydroxyl groups excluding tert-OH is 2. The molecule has 21 heavy (non-hydrogen) atoms. The Hall–Kier alpha value is -1.17. The number of nitrogens with zero attached hydrogens (tertiary/aromatic N) is 1. The maximum Gasteiger partial charge on any atom is 0.258 e. The second-order valence-corrected chi connectivity index (χ2v) is 6.40. The van der Waals surface area contributed by atoms with E-state index in [2.05, 4.69) is 0 Å². The standard InChI is InChI=1S/C15H17ClFNO3/c1-8-2-3-11(17)12(13(8)16)14(21)18-4-9-10(5-18)15(9,6-19)7-20/h2-3,9-10,19-20H,4-7H2,1H3. The Morgan fingerprint density at radius 3 is 2.48 bits per heavy atom. The van der Waals surface area contributed by atoms with Gasteiger partial charge in [-0.2, -0.15) is 0 Å². The molecular weight excluding hydrogens is 297 g/mol. The molecule has 1 aromatic rings. The molecule has 1 saturated heterocycles. The predicted octanol–water partition coefficient (Wildman–Crippen LogP) is 1.46. The summed E-state index contributed by atoms with van der Waals surface area (Å²) in [6.45, 7) is 2.41. The fraction of sp³-hybridized carbons (Fsp3) is 0.533. The van der Waals surface area contributed by atoms with Gasteiger partial charge in [0.2, 0.25) is 0 Å². The van der Waals surface area contributed by atoms with Gasteiger partial charge in [0.05, 0.1) is 23.8 Å². The van der Waals surface area contributed by atoms with E-state index in [0.717, 1.165) is 0 Å². The molecule has 1 saturated carbocycles. The Balaban J connectivity index is 1.80. The number of aliphatic hydroxyl groups is 2. The molecule has 2 aliphatic rings. The molecular formula is C15H17ClFNO3. The fourth-order valence-corrected chi connectivity index (χ4v) is 3.77. The Kier molecular flexibility index (Phi) is 3.47. The lowest BCUT2D eigenvalue weighted by atomic mass is 10.0. The summed E-state index contributed by atoms with van der Waals surface area (Å²) in [6.07, 6.45) is 0. The van der Waals surface area contributed by atoms with Gasteiger partial charge >= 0.3 is 0 Å². The second kappa shape index (κ2) is 4.93. The Labute approximate surface area is 127 Å². The van der Waals surface area contributed by atoms with Gasteiger partial charge in [-0.1, -0.05) is 17.7 Å². The molecule has 1 aromatic carbocycles. The minimum Gasteiger partial charge on any atom is -0.396 e. The highest BCUT2D eigenvalue weighted by molar-refractivity contribution is 6.34. The molecule has 6 heteroatoms.